The Morgan fingerprint density at radius 3 is 2.52 bits per heavy atom. The van der Waals surface area contributed by atoms with E-state index in [1.54, 1.807) is 25.3 Å². The second kappa shape index (κ2) is 7.94. The minimum absolute atomic E-state index is 0.0843. The number of hydrogen-bond acceptors (Lipinski definition) is 4. The van der Waals surface area contributed by atoms with Crippen LogP contribution in [-0.4, -0.2) is 25.8 Å². The summed E-state index contributed by atoms with van der Waals surface area (Å²) in [4.78, 5) is 21.8. The molecule has 2 rings (SSSR count). The first-order valence-electron chi connectivity index (χ1n) is 7.17. The first-order valence-corrected chi connectivity index (χ1v) is 7.17. The smallest absolute Gasteiger partial charge is 0.199 e. The van der Waals surface area contributed by atoms with Gasteiger partial charge in [-0.05, 0) is 35.4 Å². The van der Waals surface area contributed by atoms with E-state index >= 15 is 0 Å². The fourth-order valence-corrected chi connectivity index (χ4v) is 2.22. The monoisotopic (exact) mass is 310 g/mol. The summed E-state index contributed by atoms with van der Waals surface area (Å²) in [6.45, 7) is 4.06. The van der Waals surface area contributed by atoms with Crippen LogP contribution in [0.3, 0.4) is 0 Å². The molecule has 2 aromatic carbocycles. The fraction of sp³-hybridized carbons (Fsp3) is 0.158. The quantitative estimate of drug-likeness (QED) is 0.427. The second-order valence-corrected chi connectivity index (χ2v) is 4.92. The van der Waals surface area contributed by atoms with Gasteiger partial charge in [-0.1, -0.05) is 30.9 Å². The molecule has 4 heteroatoms. The maximum atomic E-state index is 11.3. The van der Waals surface area contributed by atoms with E-state index in [4.69, 9.17) is 9.47 Å². The molecule has 0 bridgehead atoms. The zero-order valence-corrected chi connectivity index (χ0v) is 13.0. The van der Waals surface area contributed by atoms with Gasteiger partial charge in [0.1, 0.15) is 18.1 Å². The molecule has 0 aliphatic heterocycles. The van der Waals surface area contributed by atoms with E-state index in [0.717, 1.165) is 22.4 Å². The third-order valence-electron chi connectivity index (χ3n) is 3.31. The molecule has 2 aromatic rings. The predicted octanol–water partition coefficient (Wildman–Crippen LogP) is 3.24. The highest BCUT2D eigenvalue weighted by atomic mass is 16.5. The molecule has 0 atom stereocenters. The molecule has 0 heterocycles. The second-order valence-electron chi connectivity index (χ2n) is 4.92. The van der Waals surface area contributed by atoms with Crippen molar-refractivity contribution in [3.05, 3.63) is 60.7 Å². The van der Waals surface area contributed by atoms with Crippen LogP contribution in [0.2, 0.25) is 0 Å². The molecule has 0 N–H and O–H groups in total. The lowest BCUT2D eigenvalue weighted by Crippen LogP contribution is -2.03. The standard InChI is InChI=1S/C19H18O4/c1-3-10-23-17-7-5-15(6-8-17)18-12-14(11-16(21)13-20)4-9-19(18)22-2/h3-9,12-13H,1,10-11H2,2H3. The summed E-state index contributed by atoms with van der Waals surface area (Å²) in [5.41, 5.74) is 2.57. The van der Waals surface area contributed by atoms with Crippen molar-refractivity contribution in [1.82, 2.24) is 0 Å². The summed E-state index contributed by atoms with van der Waals surface area (Å²) in [7, 11) is 1.59. The molecule has 0 amide bonds. The van der Waals surface area contributed by atoms with Crippen molar-refractivity contribution < 1.29 is 19.1 Å². The predicted molar refractivity (Wildman–Crippen MR) is 88.9 cm³/mol. The van der Waals surface area contributed by atoms with Crippen molar-refractivity contribution in [3.8, 4) is 22.6 Å². The van der Waals surface area contributed by atoms with Crippen LogP contribution in [0.5, 0.6) is 11.5 Å². The first kappa shape index (κ1) is 16.5. The lowest BCUT2D eigenvalue weighted by molar-refractivity contribution is -0.129. The number of methoxy groups -OCH3 is 1. The van der Waals surface area contributed by atoms with Gasteiger partial charge in [0.15, 0.2) is 12.1 Å². The number of ketones is 1. The van der Waals surface area contributed by atoms with Gasteiger partial charge >= 0.3 is 0 Å². The maximum absolute atomic E-state index is 11.3. The van der Waals surface area contributed by atoms with Gasteiger partial charge in [0.2, 0.25) is 0 Å². The topological polar surface area (TPSA) is 52.6 Å². The van der Waals surface area contributed by atoms with Gasteiger partial charge < -0.3 is 9.47 Å². The molecule has 0 fully saturated rings. The highest BCUT2D eigenvalue weighted by Crippen LogP contribution is 2.32. The zero-order chi connectivity index (χ0) is 16.7. The Labute approximate surface area is 135 Å². The van der Waals surface area contributed by atoms with Gasteiger partial charge in [0.05, 0.1) is 7.11 Å². The van der Waals surface area contributed by atoms with Crippen LogP contribution in [0.1, 0.15) is 5.56 Å². The average molecular weight is 310 g/mol. The highest BCUT2D eigenvalue weighted by molar-refractivity contribution is 6.25. The summed E-state index contributed by atoms with van der Waals surface area (Å²) >= 11 is 0. The van der Waals surface area contributed by atoms with Crippen LogP contribution in [0.25, 0.3) is 11.1 Å². The molecule has 0 saturated carbocycles. The minimum Gasteiger partial charge on any atom is -0.496 e. The van der Waals surface area contributed by atoms with Crippen LogP contribution >= 0.6 is 0 Å². The van der Waals surface area contributed by atoms with E-state index in [-0.39, 0.29) is 6.42 Å². The van der Waals surface area contributed by atoms with E-state index in [2.05, 4.69) is 6.58 Å². The van der Waals surface area contributed by atoms with Gasteiger partial charge in [-0.2, -0.15) is 0 Å². The third kappa shape index (κ3) is 4.30. The van der Waals surface area contributed by atoms with Crippen LogP contribution < -0.4 is 9.47 Å². The van der Waals surface area contributed by atoms with Crippen molar-refractivity contribution in [2.45, 2.75) is 6.42 Å². The Hall–Kier alpha value is -2.88. The van der Waals surface area contributed by atoms with E-state index < -0.39 is 5.78 Å². The van der Waals surface area contributed by atoms with Gasteiger partial charge in [0, 0.05) is 12.0 Å². The summed E-state index contributed by atoms with van der Waals surface area (Å²) in [6, 6.07) is 13.0. The molecule has 0 unspecified atom stereocenters. The number of aldehydes is 1. The molecule has 118 valence electrons. The molecule has 0 aliphatic carbocycles. The molecule has 0 radical (unpaired) electrons. The Kier molecular flexibility index (Phi) is 5.69. The van der Waals surface area contributed by atoms with Crippen molar-refractivity contribution >= 4 is 12.1 Å². The third-order valence-corrected chi connectivity index (χ3v) is 3.31. The van der Waals surface area contributed by atoms with Gasteiger partial charge in [-0.15, -0.1) is 0 Å². The normalized spacial score (nSPS) is 9.96. The molecular formula is C19H18O4. The number of hydrogen-bond donors (Lipinski definition) is 0. The molecule has 23 heavy (non-hydrogen) atoms. The van der Waals surface area contributed by atoms with Crippen LogP contribution in [-0.2, 0) is 16.0 Å². The van der Waals surface area contributed by atoms with Gasteiger partial charge in [0.25, 0.3) is 0 Å². The Balaban J connectivity index is 2.32. The van der Waals surface area contributed by atoms with E-state index in [1.165, 1.54) is 0 Å². The Morgan fingerprint density at radius 2 is 1.91 bits per heavy atom. The SMILES string of the molecule is C=CCOc1ccc(-c2cc(CC(=O)C=O)ccc2OC)cc1. The highest BCUT2D eigenvalue weighted by Gasteiger charge is 2.09. The van der Waals surface area contributed by atoms with E-state index in [9.17, 15) is 9.59 Å². The van der Waals surface area contributed by atoms with Crippen molar-refractivity contribution in [1.29, 1.82) is 0 Å². The van der Waals surface area contributed by atoms with Crippen molar-refractivity contribution in [2.24, 2.45) is 0 Å². The van der Waals surface area contributed by atoms with Crippen LogP contribution in [0, 0.1) is 0 Å². The Bertz CT molecular complexity index is 702. The minimum atomic E-state index is -0.450. The lowest BCUT2D eigenvalue weighted by atomic mass is 9.99. The fourth-order valence-electron chi connectivity index (χ4n) is 2.22. The van der Waals surface area contributed by atoms with Crippen molar-refractivity contribution in [3.63, 3.8) is 0 Å². The van der Waals surface area contributed by atoms with Crippen LogP contribution in [0.15, 0.2) is 55.1 Å². The largest absolute Gasteiger partial charge is 0.496 e. The number of rotatable bonds is 8. The molecule has 0 aliphatic rings. The number of Topliss-reactive ketones (excluding diaryl/α,β-unsaturated/α-hetero) is 1. The number of carbonyl (C=O) groups is 2. The van der Waals surface area contributed by atoms with Gasteiger partial charge in [-0.3, -0.25) is 9.59 Å². The Morgan fingerprint density at radius 1 is 1.17 bits per heavy atom. The van der Waals surface area contributed by atoms with E-state index in [1.807, 2.05) is 30.3 Å². The molecule has 0 spiro atoms. The van der Waals surface area contributed by atoms with Crippen LogP contribution in [0.4, 0.5) is 0 Å². The molecule has 0 aromatic heterocycles. The first-order chi connectivity index (χ1) is 11.2. The number of benzene rings is 2. The summed E-state index contributed by atoms with van der Waals surface area (Å²) in [5.74, 6) is 1.00. The molecule has 4 nitrogen and oxygen atoms in total. The van der Waals surface area contributed by atoms with E-state index in [0.29, 0.717) is 18.6 Å². The lowest BCUT2D eigenvalue weighted by Gasteiger charge is -2.11. The average Bonchev–Trinajstić information content (AvgIpc) is 2.60. The van der Waals surface area contributed by atoms with Gasteiger partial charge in [-0.25, -0.2) is 0 Å². The van der Waals surface area contributed by atoms with Crippen molar-refractivity contribution in [2.75, 3.05) is 13.7 Å². The molecular weight excluding hydrogens is 292 g/mol. The summed E-state index contributed by atoms with van der Waals surface area (Å²) < 4.78 is 10.8. The molecule has 0 saturated heterocycles. The number of ether oxygens (including phenoxy) is 2. The number of carbonyl (C=O) groups excluding carboxylic acids is 2. The zero-order valence-electron chi connectivity index (χ0n) is 13.0. The summed E-state index contributed by atoms with van der Waals surface area (Å²) in [5, 5.41) is 0. The summed E-state index contributed by atoms with van der Waals surface area (Å²) in [6.07, 6.45) is 2.11. The maximum Gasteiger partial charge on any atom is 0.199 e.